The largest absolute Gasteiger partial charge is 0.508 e. The van der Waals surface area contributed by atoms with Crippen molar-refractivity contribution < 1.29 is 14.9 Å². The second kappa shape index (κ2) is 6.51. The van der Waals surface area contributed by atoms with Crippen LogP contribution in [0.4, 0.5) is 5.69 Å². The van der Waals surface area contributed by atoms with Gasteiger partial charge in [-0.1, -0.05) is 17.3 Å². The molecule has 0 saturated heterocycles. The summed E-state index contributed by atoms with van der Waals surface area (Å²) in [4.78, 5) is 15.3. The van der Waals surface area contributed by atoms with Crippen LogP contribution in [0.5, 0.6) is 5.75 Å². The first kappa shape index (κ1) is 14.5. The number of nitro groups is 1. The van der Waals surface area contributed by atoms with Crippen molar-refractivity contribution in [1.29, 1.82) is 0 Å². The van der Waals surface area contributed by atoms with Crippen molar-refractivity contribution in [1.82, 2.24) is 0 Å². The molecule has 108 valence electrons. The number of benzene rings is 2. The van der Waals surface area contributed by atoms with Crippen LogP contribution in [0.1, 0.15) is 18.1 Å². The van der Waals surface area contributed by atoms with E-state index in [0.717, 1.165) is 11.1 Å². The molecule has 2 rings (SSSR count). The summed E-state index contributed by atoms with van der Waals surface area (Å²) in [5, 5.41) is 23.9. The minimum Gasteiger partial charge on any atom is -0.508 e. The normalized spacial score (nSPS) is 11.2. The highest BCUT2D eigenvalue weighted by Crippen LogP contribution is 2.14. The summed E-state index contributed by atoms with van der Waals surface area (Å²) >= 11 is 0. The standard InChI is InChI=1S/C15H14N2O4/c1-11(13-3-2-4-15(18)9-13)16-21-10-12-5-7-14(8-6-12)17(19)20/h2-9,18H,10H2,1H3/b16-11-. The summed E-state index contributed by atoms with van der Waals surface area (Å²) in [6.07, 6.45) is 0. The predicted octanol–water partition coefficient (Wildman–Crippen LogP) is 3.24. The summed E-state index contributed by atoms with van der Waals surface area (Å²) in [6.45, 7) is 1.98. The van der Waals surface area contributed by atoms with Crippen LogP contribution in [0, 0.1) is 10.1 Å². The van der Waals surface area contributed by atoms with Crippen LogP contribution in [-0.2, 0) is 11.4 Å². The van der Waals surface area contributed by atoms with E-state index in [1.54, 1.807) is 37.3 Å². The van der Waals surface area contributed by atoms with Crippen molar-refractivity contribution >= 4 is 11.4 Å². The molecule has 0 saturated carbocycles. The molecule has 0 spiro atoms. The van der Waals surface area contributed by atoms with Crippen LogP contribution in [0.2, 0.25) is 0 Å². The van der Waals surface area contributed by atoms with Crippen molar-refractivity contribution in [3.63, 3.8) is 0 Å². The highest BCUT2D eigenvalue weighted by Gasteiger charge is 2.04. The predicted molar refractivity (Wildman–Crippen MR) is 78.2 cm³/mol. The van der Waals surface area contributed by atoms with E-state index < -0.39 is 4.92 Å². The third-order valence-corrected chi connectivity index (χ3v) is 2.84. The topological polar surface area (TPSA) is 85.0 Å². The SMILES string of the molecule is C/C(=N/OCc1ccc([N+](=O)[O-])cc1)c1cccc(O)c1. The Hall–Kier alpha value is -2.89. The fraction of sp³-hybridized carbons (Fsp3) is 0.133. The molecule has 0 heterocycles. The van der Waals surface area contributed by atoms with E-state index in [4.69, 9.17) is 4.84 Å². The number of phenols is 1. The number of hydrogen-bond acceptors (Lipinski definition) is 5. The fourth-order valence-corrected chi connectivity index (χ4v) is 1.70. The van der Waals surface area contributed by atoms with Crippen LogP contribution < -0.4 is 0 Å². The van der Waals surface area contributed by atoms with E-state index in [9.17, 15) is 15.2 Å². The van der Waals surface area contributed by atoms with Gasteiger partial charge in [0.15, 0.2) is 0 Å². The van der Waals surface area contributed by atoms with Gasteiger partial charge in [-0.05, 0) is 36.8 Å². The smallest absolute Gasteiger partial charge is 0.269 e. The van der Waals surface area contributed by atoms with Crippen LogP contribution >= 0.6 is 0 Å². The van der Waals surface area contributed by atoms with Gasteiger partial charge < -0.3 is 9.94 Å². The lowest BCUT2D eigenvalue weighted by atomic mass is 10.1. The molecule has 21 heavy (non-hydrogen) atoms. The van der Waals surface area contributed by atoms with Gasteiger partial charge in [0, 0.05) is 17.7 Å². The molecule has 0 aliphatic rings. The maximum absolute atomic E-state index is 10.5. The Morgan fingerprint density at radius 2 is 2.00 bits per heavy atom. The highest BCUT2D eigenvalue weighted by molar-refractivity contribution is 5.98. The molecule has 0 fully saturated rings. The van der Waals surface area contributed by atoms with Gasteiger partial charge in [0.1, 0.15) is 12.4 Å². The number of oxime groups is 1. The van der Waals surface area contributed by atoms with Crippen LogP contribution in [0.15, 0.2) is 53.7 Å². The average molecular weight is 286 g/mol. The molecule has 0 radical (unpaired) electrons. The average Bonchev–Trinajstić information content (AvgIpc) is 2.47. The Morgan fingerprint density at radius 3 is 2.62 bits per heavy atom. The van der Waals surface area contributed by atoms with Gasteiger partial charge in [-0.3, -0.25) is 10.1 Å². The molecule has 6 heteroatoms. The maximum Gasteiger partial charge on any atom is 0.269 e. The number of hydrogen-bond donors (Lipinski definition) is 1. The molecule has 0 unspecified atom stereocenters. The molecule has 0 aliphatic carbocycles. The Bertz CT molecular complexity index is 666. The van der Waals surface area contributed by atoms with Gasteiger partial charge in [0.2, 0.25) is 0 Å². The first-order valence-electron chi connectivity index (χ1n) is 6.25. The molecule has 0 bridgehead atoms. The molecule has 6 nitrogen and oxygen atoms in total. The third-order valence-electron chi connectivity index (χ3n) is 2.84. The van der Waals surface area contributed by atoms with Gasteiger partial charge in [0.25, 0.3) is 5.69 Å². The molecule has 2 aromatic carbocycles. The van der Waals surface area contributed by atoms with Crippen LogP contribution in [0.25, 0.3) is 0 Å². The molecule has 0 aromatic heterocycles. The molecule has 2 aromatic rings. The van der Waals surface area contributed by atoms with Crippen molar-refractivity contribution in [2.45, 2.75) is 13.5 Å². The van der Waals surface area contributed by atoms with Crippen molar-refractivity contribution in [2.24, 2.45) is 5.16 Å². The second-order valence-electron chi connectivity index (χ2n) is 4.42. The molecular formula is C15H14N2O4. The number of non-ortho nitro benzene ring substituents is 1. The van der Waals surface area contributed by atoms with Crippen molar-refractivity contribution in [3.05, 3.63) is 69.8 Å². The van der Waals surface area contributed by atoms with Gasteiger partial charge in [-0.2, -0.15) is 0 Å². The zero-order chi connectivity index (χ0) is 15.2. The van der Waals surface area contributed by atoms with Gasteiger partial charge in [0.05, 0.1) is 10.6 Å². The zero-order valence-corrected chi connectivity index (χ0v) is 11.4. The van der Waals surface area contributed by atoms with E-state index in [1.165, 1.54) is 12.1 Å². The quantitative estimate of drug-likeness (QED) is 0.519. The van der Waals surface area contributed by atoms with Gasteiger partial charge >= 0.3 is 0 Å². The van der Waals surface area contributed by atoms with E-state index in [2.05, 4.69) is 5.16 Å². The molecule has 1 N–H and O–H groups in total. The fourth-order valence-electron chi connectivity index (χ4n) is 1.70. The lowest BCUT2D eigenvalue weighted by Crippen LogP contribution is -1.97. The zero-order valence-electron chi connectivity index (χ0n) is 11.4. The van der Waals surface area contributed by atoms with Crippen molar-refractivity contribution in [3.8, 4) is 5.75 Å². The molecular weight excluding hydrogens is 272 g/mol. The lowest BCUT2D eigenvalue weighted by molar-refractivity contribution is -0.384. The van der Waals surface area contributed by atoms with Crippen molar-refractivity contribution in [2.75, 3.05) is 0 Å². The summed E-state index contributed by atoms with van der Waals surface area (Å²) in [5.74, 6) is 0.164. The van der Waals surface area contributed by atoms with Gasteiger partial charge in [-0.25, -0.2) is 0 Å². The van der Waals surface area contributed by atoms with Crippen LogP contribution in [-0.4, -0.2) is 15.7 Å². The minimum absolute atomic E-state index is 0.0400. The summed E-state index contributed by atoms with van der Waals surface area (Å²) in [6, 6.07) is 12.8. The monoisotopic (exact) mass is 286 g/mol. The minimum atomic E-state index is -0.450. The van der Waals surface area contributed by atoms with E-state index in [-0.39, 0.29) is 18.0 Å². The van der Waals surface area contributed by atoms with E-state index in [1.807, 2.05) is 6.07 Å². The molecule has 0 amide bonds. The van der Waals surface area contributed by atoms with E-state index >= 15 is 0 Å². The highest BCUT2D eigenvalue weighted by atomic mass is 16.6. The number of nitro benzene ring substituents is 1. The van der Waals surface area contributed by atoms with Crippen LogP contribution in [0.3, 0.4) is 0 Å². The second-order valence-corrected chi connectivity index (χ2v) is 4.42. The number of rotatable bonds is 5. The number of phenolic OH excluding ortho intramolecular Hbond substituents is 1. The summed E-state index contributed by atoms with van der Waals surface area (Å²) in [7, 11) is 0. The Morgan fingerprint density at radius 1 is 1.29 bits per heavy atom. The van der Waals surface area contributed by atoms with Gasteiger partial charge in [-0.15, -0.1) is 0 Å². The molecule has 0 aliphatic heterocycles. The maximum atomic E-state index is 10.5. The Labute approximate surface area is 121 Å². The summed E-state index contributed by atoms with van der Waals surface area (Å²) < 4.78 is 0. The third kappa shape index (κ3) is 4.04. The van der Waals surface area contributed by atoms with E-state index in [0.29, 0.717) is 5.71 Å². The summed E-state index contributed by atoms with van der Waals surface area (Å²) in [5.41, 5.74) is 2.22. The number of nitrogens with zero attached hydrogens (tertiary/aromatic N) is 2. The Kier molecular flexibility index (Phi) is 4.50. The number of aromatic hydroxyl groups is 1. The first-order valence-corrected chi connectivity index (χ1v) is 6.25. The lowest BCUT2D eigenvalue weighted by Gasteiger charge is -2.03. The first-order chi connectivity index (χ1) is 10.1. The molecule has 0 atom stereocenters. The Balaban J connectivity index is 1.96.